The number of carbonyl (C=O) groups is 2. The van der Waals surface area contributed by atoms with E-state index in [9.17, 15) is 31.5 Å². The number of sulfone groups is 2. The molecule has 2 fully saturated rings. The minimum Gasteiger partial charge on any atom is -0.480 e. The summed E-state index contributed by atoms with van der Waals surface area (Å²) in [5, 5.41) is 11.7. The number of nitrogens with one attached hydrogen (secondary N) is 1. The lowest BCUT2D eigenvalue weighted by atomic mass is 9.90. The van der Waals surface area contributed by atoms with Crippen LogP contribution in [0.4, 0.5) is 0 Å². The van der Waals surface area contributed by atoms with Crippen LogP contribution in [0.2, 0.25) is 0 Å². The summed E-state index contributed by atoms with van der Waals surface area (Å²) in [5.41, 5.74) is 3.47. The Labute approximate surface area is 267 Å². The van der Waals surface area contributed by atoms with Crippen molar-refractivity contribution in [1.29, 1.82) is 0 Å². The molecular weight excluding hydrogens is 617 g/mol. The summed E-state index contributed by atoms with van der Waals surface area (Å²) < 4.78 is 54.6. The first-order chi connectivity index (χ1) is 21.2. The van der Waals surface area contributed by atoms with Gasteiger partial charge < -0.3 is 15.2 Å². The highest BCUT2D eigenvalue weighted by atomic mass is 32.2. The molecule has 1 saturated carbocycles. The van der Waals surface area contributed by atoms with Gasteiger partial charge in [-0.15, -0.1) is 0 Å². The van der Waals surface area contributed by atoms with Gasteiger partial charge in [0.25, 0.3) is 5.91 Å². The third kappa shape index (κ3) is 10.1. The lowest BCUT2D eigenvalue weighted by molar-refractivity contribution is -0.139. The summed E-state index contributed by atoms with van der Waals surface area (Å²) in [4.78, 5) is 27.5. The van der Waals surface area contributed by atoms with Crippen LogP contribution >= 0.6 is 0 Å². The quantitative estimate of drug-likeness (QED) is 0.308. The van der Waals surface area contributed by atoms with Crippen molar-refractivity contribution in [1.82, 2.24) is 10.2 Å². The molecule has 1 amide bonds. The van der Waals surface area contributed by atoms with Crippen molar-refractivity contribution in [3.63, 3.8) is 0 Å². The van der Waals surface area contributed by atoms with Crippen molar-refractivity contribution >= 4 is 31.6 Å². The van der Waals surface area contributed by atoms with Crippen molar-refractivity contribution < 1.29 is 36.3 Å². The number of nitrogens with zero attached hydrogens (tertiary/aromatic N) is 1. The normalized spacial score (nSPS) is 20.6. The zero-order valence-corrected chi connectivity index (χ0v) is 28.0. The first-order valence-electron chi connectivity index (χ1n) is 15.6. The van der Waals surface area contributed by atoms with Gasteiger partial charge in [-0.05, 0) is 72.9 Å². The smallest absolute Gasteiger partial charge is 0.326 e. The zero-order chi connectivity index (χ0) is 32.8. The first kappa shape index (κ1) is 35.1. The number of benzene rings is 2. The first-order valence-corrected chi connectivity index (χ1v) is 19.6. The molecule has 45 heavy (non-hydrogen) atoms. The van der Waals surface area contributed by atoms with Gasteiger partial charge in [0.15, 0.2) is 9.84 Å². The topological polar surface area (TPSA) is 147 Å². The molecule has 2 aliphatic rings. The van der Waals surface area contributed by atoms with Crippen LogP contribution in [0.25, 0.3) is 11.1 Å². The van der Waals surface area contributed by atoms with Gasteiger partial charge in [-0.2, -0.15) is 0 Å². The summed E-state index contributed by atoms with van der Waals surface area (Å²) in [6.45, 7) is 3.91. The molecule has 2 N–H and O–H groups in total. The van der Waals surface area contributed by atoms with Crippen molar-refractivity contribution in [3.8, 4) is 11.1 Å². The summed E-state index contributed by atoms with van der Waals surface area (Å²) in [5.74, 6) is -1.74. The molecule has 0 spiro atoms. The Kier molecular flexibility index (Phi) is 11.8. The fraction of sp³-hybridized carbons (Fsp3) is 0.576. The van der Waals surface area contributed by atoms with E-state index in [4.69, 9.17) is 4.74 Å². The van der Waals surface area contributed by atoms with Crippen molar-refractivity contribution in [3.05, 3.63) is 59.2 Å². The zero-order valence-electron chi connectivity index (χ0n) is 26.4. The van der Waals surface area contributed by atoms with E-state index in [1.807, 2.05) is 37.3 Å². The lowest BCUT2D eigenvalue weighted by Crippen LogP contribution is -2.42. The second-order valence-corrected chi connectivity index (χ2v) is 17.4. The van der Waals surface area contributed by atoms with Crippen molar-refractivity contribution in [2.45, 2.75) is 75.7 Å². The van der Waals surface area contributed by atoms with Gasteiger partial charge >= 0.3 is 5.97 Å². The molecule has 0 aromatic heterocycles. The molecule has 10 nitrogen and oxygen atoms in total. The Balaban J connectivity index is 1.58. The minimum absolute atomic E-state index is 0.0654. The molecule has 3 atom stereocenters. The molecule has 2 aromatic rings. The molecule has 1 saturated heterocycles. The third-order valence-electron chi connectivity index (χ3n) is 9.01. The Morgan fingerprint density at radius 3 is 2.36 bits per heavy atom. The SMILES string of the molecule is Cc1ccccc1-c1cc(CN2C[C@H](S(C)(=O)=O)C[C@H]2COCC2CCCCC2)ccc1C(=O)N[C@@H](CCS(C)(=O)=O)C(=O)O. The fourth-order valence-electron chi connectivity index (χ4n) is 6.39. The Morgan fingerprint density at radius 2 is 1.71 bits per heavy atom. The number of likely N-dealkylation sites (tertiary alicyclic amines) is 1. The van der Waals surface area contributed by atoms with E-state index in [1.165, 1.54) is 38.4 Å². The number of carbonyl (C=O) groups excluding carboxylic acids is 1. The molecule has 4 rings (SSSR count). The van der Waals surface area contributed by atoms with Gasteiger partial charge in [0.05, 0.1) is 17.6 Å². The lowest BCUT2D eigenvalue weighted by Gasteiger charge is -2.27. The van der Waals surface area contributed by atoms with Gasteiger partial charge in [0.2, 0.25) is 0 Å². The number of amides is 1. The second-order valence-electron chi connectivity index (χ2n) is 12.8. The van der Waals surface area contributed by atoms with E-state index < -0.39 is 42.8 Å². The van der Waals surface area contributed by atoms with Crippen LogP contribution < -0.4 is 5.32 Å². The maximum Gasteiger partial charge on any atom is 0.326 e. The molecule has 12 heteroatoms. The summed E-state index contributed by atoms with van der Waals surface area (Å²) in [6, 6.07) is 11.5. The van der Waals surface area contributed by atoms with Crippen LogP contribution in [0.1, 0.15) is 66.4 Å². The van der Waals surface area contributed by atoms with Crippen molar-refractivity contribution in [2.75, 3.05) is 38.0 Å². The number of carboxylic acids is 1. The van der Waals surface area contributed by atoms with Gasteiger partial charge in [-0.1, -0.05) is 49.6 Å². The maximum absolute atomic E-state index is 13.5. The molecule has 0 bridgehead atoms. The predicted molar refractivity (Wildman–Crippen MR) is 175 cm³/mol. The summed E-state index contributed by atoms with van der Waals surface area (Å²) in [6.07, 6.45) is 8.64. The van der Waals surface area contributed by atoms with E-state index in [0.29, 0.717) is 44.2 Å². The summed E-state index contributed by atoms with van der Waals surface area (Å²) >= 11 is 0. The van der Waals surface area contributed by atoms with Crippen LogP contribution in [-0.4, -0.2) is 94.1 Å². The minimum atomic E-state index is -3.42. The van der Waals surface area contributed by atoms with E-state index in [-0.39, 0.29) is 23.8 Å². The molecule has 1 heterocycles. The standard InChI is InChI=1S/C33H46N2O8S2/c1-23-9-7-8-12-28(23)30-17-25(13-14-29(30)32(36)34-31(33(37)38)15-16-44(2,39)40)19-35-20-27(45(3,41)42)18-26(35)22-43-21-24-10-5-4-6-11-24/h7-9,12-14,17,24,26-27,31H,4-6,10-11,15-16,18-22H2,1-3H3,(H,34,36)(H,37,38)/t26-,27+,31-/m0/s1. The highest BCUT2D eigenvalue weighted by Gasteiger charge is 2.37. The van der Waals surface area contributed by atoms with E-state index in [1.54, 1.807) is 12.1 Å². The largest absolute Gasteiger partial charge is 0.480 e. The Morgan fingerprint density at radius 1 is 1.00 bits per heavy atom. The number of aryl methyl sites for hydroxylation is 1. The average Bonchev–Trinajstić information content (AvgIpc) is 3.38. The van der Waals surface area contributed by atoms with E-state index >= 15 is 0 Å². The second kappa shape index (κ2) is 15.2. The maximum atomic E-state index is 13.5. The van der Waals surface area contributed by atoms with Gasteiger partial charge in [0, 0.05) is 43.8 Å². The van der Waals surface area contributed by atoms with Crippen molar-refractivity contribution in [2.24, 2.45) is 5.92 Å². The Hall–Kier alpha value is -2.80. The number of ether oxygens (including phenoxy) is 1. The molecule has 1 aliphatic heterocycles. The fourth-order valence-corrected chi connectivity index (χ4v) is 8.08. The van der Waals surface area contributed by atoms with Crippen LogP contribution in [0.3, 0.4) is 0 Å². The summed E-state index contributed by atoms with van der Waals surface area (Å²) in [7, 11) is -6.67. The highest BCUT2D eigenvalue weighted by Crippen LogP contribution is 2.31. The Bertz CT molecular complexity index is 1570. The van der Waals surface area contributed by atoms with Crippen LogP contribution in [0, 0.1) is 12.8 Å². The average molecular weight is 663 g/mol. The molecule has 0 radical (unpaired) electrons. The molecule has 2 aromatic carbocycles. The monoisotopic (exact) mass is 662 g/mol. The van der Waals surface area contributed by atoms with Crippen LogP contribution in [0.15, 0.2) is 42.5 Å². The number of carboxylic acid groups (broad SMARTS) is 1. The van der Waals surface area contributed by atoms with Gasteiger partial charge in [-0.25, -0.2) is 21.6 Å². The van der Waals surface area contributed by atoms with E-state index in [2.05, 4.69) is 10.2 Å². The third-order valence-corrected chi connectivity index (χ3v) is 11.5. The van der Waals surface area contributed by atoms with Crippen LogP contribution in [-0.2, 0) is 35.8 Å². The number of hydrogen-bond acceptors (Lipinski definition) is 8. The molecule has 248 valence electrons. The number of aliphatic carboxylic acids is 1. The highest BCUT2D eigenvalue weighted by molar-refractivity contribution is 7.91. The van der Waals surface area contributed by atoms with Gasteiger partial charge in [-0.3, -0.25) is 9.69 Å². The van der Waals surface area contributed by atoms with Crippen LogP contribution in [0.5, 0.6) is 0 Å². The van der Waals surface area contributed by atoms with Gasteiger partial charge in [0.1, 0.15) is 15.9 Å². The predicted octanol–water partition coefficient (Wildman–Crippen LogP) is 3.86. The number of rotatable bonds is 14. The molecule has 0 unspecified atom stereocenters. The van der Waals surface area contributed by atoms with E-state index in [0.717, 1.165) is 22.9 Å². The molecular formula is C33H46N2O8S2. The number of hydrogen-bond donors (Lipinski definition) is 2. The molecule has 1 aliphatic carbocycles.